The molecule has 2 fully saturated rings. The minimum atomic E-state index is -0.656. The van der Waals surface area contributed by atoms with Crippen LogP contribution in [-0.2, 0) is 20.9 Å². The largest absolute Gasteiger partial charge is 0.493 e. The van der Waals surface area contributed by atoms with Gasteiger partial charge in [0.2, 0.25) is 5.91 Å². The molecular weight excluding hydrogens is 530 g/mol. The molecule has 1 amide bonds. The number of nitrogens with zero attached hydrogens (tertiary/aromatic N) is 2. The van der Waals surface area contributed by atoms with Crippen molar-refractivity contribution < 1.29 is 32.6 Å². The van der Waals surface area contributed by atoms with E-state index in [2.05, 4.69) is 4.90 Å². The van der Waals surface area contributed by atoms with Gasteiger partial charge in [-0.15, -0.1) is 0 Å². The molecule has 0 aliphatic carbocycles. The van der Waals surface area contributed by atoms with E-state index in [0.717, 1.165) is 49.8 Å². The minimum absolute atomic E-state index is 0.0142. The van der Waals surface area contributed by atoms with Crippen molar-refractivity contribution in [3.63, 3.8) is 0 Å². The van der Waals surface area contributed by atoms with Crippen LogP contribution >= 0.6 is 0 Å². The molecule has 0 bridgehead atoms. The number of hydrogen-bond donors (Lipinski definition) is 0. The monoisotopic (exact) mass is 564 g/mol. The number of anilines is 1. The standard InChI is InChI=1S/C31H34F2N2O3.CO2/c1-3-37-27-16-22(17-28(38-4-2)30(27)25-11-10-23(32)18-26(25)33)20-34-14-12-31(13-15-34)19-29(36)35(21-31)24-8-6-5-7-9-24;2-1-3/h5-11,16-18H,3-4,12-15,19-21H2,1-2H3;. The molecule has 3 aromatic rings. The molecule has 2 saturated heterocycles. The summed E-state index contributed by atoms with van der Waals surface area (Å²) < 4.78 is 40.2. The number of ether oxygens (including phenoxy) is 2. The Morgan fingerprint density at radius 2 is 1.51 bits per heavy atom. The van der Waals surface area contributed by atoms with Gasteiger partial charge in [-0.25, -0.2) is 8.78 Å². The van der Waals surface area contributed by atoms with Gasteiger partial charge < -0.3 is 14.4 Å². The fourth-order valence-electron chi connectivity index (χ4n) is 5.75. The highest BCUT2D eigenvalue weighted by molar-refractivity contribution is 5.96. The summed E-state index contributed by atoms with van der Waals surface area (Å²) in [6, 6.07) is 17.3. The molecule has 0 N–H and O–H groups in total. The van der Waals surface area contributed by atoms with Gasteiger partial charge in [-0.3, -0.25) is 9.69 Å². The van der Waals surface area contributed by atoms with Crippen LogP contribution in [0.3, 0.4) is 0 Å². The normalized spacial score (nSPS) is 16.2. The summed E-state index contributed by atoms with van der Waals surface area (Å²) >= 11 is 0. The van der Waals surface area contributed by atoms with Crippen molar-refractivity contribution in [3.8, 4) is 22.6 Å². The SMILES string of the molecule is CCOc1cc(CN2CCC3(CC2)CC(=O)N(c2ccccc2)C3)cc(OCC)c1-c1ccc(F)cc1F.O=C=O. The zero-order valence-corrected chi connectivity index (χ0v) is 23.3. The number of amides is 1. The van der Waals surface area contributed by atoms with E-state index in [1.54, 1.807) is 0 Å². The van der Waals surface area contributed by atoms with Gasteiger partial charge in [0.15, 0.2) is 0 Å². The van der Waals surface area contributed by atoms with E-state index in [-0.39, 0.29) is 23.0 Å². The Morgan fingerprint density at radius 1 is 0.902 bits per heavy atom. The Bertz CT molecular complexity index is 1360. The van der Waals surface area contributed by atoms with Crippen LogP contribution in [-0.4, -0.2) is 49.8 Å². The summed E-state index contributed by atoms with van der Waals surface area (Å²) in [6.07, 6.45) is 2.76. The van der Waals surface area contributed by atoms with Crippen LogP contribution in [0.2, 0.25) is 0 Å². The number of carbonyl (C=O) groups excluding carboxylic acids is 3. The Hall–Kier alpha value is -4.07. The predicted molar refractivity (Wildman–Crippen MR) is 149 cm³/mol. The lowest BCUT2D eigenvalue weighted by Gasteiger charge is -2.39. The Labute approximate surface area is 238 Å². The maximum Gasteiger partial charge on any atom is 0.373 e. The molecule has 41 heavy (non-hydrogen) atoms. The topological polar surface area (TPSA) is 76.2 Å². The summed E-state index contributed by atoms with van der Waals surface area (Å²) in [6.45, 7) is 7.80. The molecule has 0 saturated carbocycles. The Balaban J connectivity index is 0.00000124. The van der Waals surface area contributed by atoms with Crippen molar-refractivity contribution in [1.29, 1.82) is 0 Å². The maximum absolute atomic E-state index is 14.8. The van der Waals surface area contributed by atoms with Crippen molar-refractivity contribution in [2.45, 2.75) is 39.7 Å². The van der Waals surface area contributed by atoms with Gasteiger partial charge in [0, 0.05) is 36.8 Å². The number of piperidine rings is 1. The van der Waals surface area contributed by atoms with E-state index in [9.17, 15) is 13.6 Å². The van der Waals surface area contributed by atoms with Crippen LogP contribution in [0.25, 0.3) is 11.1 Å². The van der Waals surface area contributed by atoms with Gasteiger partial charge in [-0.2, -0.15) is 9.59 Å². The van der Waals surface area contributed by atoms with E-state index in [4.69, 9.17) is 19.1 Å². The van der Waals surface area contributed by atoms with Gasteiger partial charge in [0.25, 0.3) is 0 Å². The lowest BCUT2D eigenvalue weighted by Crippen LogP contribution is -2.41. The smallest absolute Gasteiger partial charge is 0.373 e. The van der Waals surface area contributed by atoms with E-state index < -0.39 is 11.6 Å². The molecule has 9 heteroatoms. The van der Waals surface area contributed by atoms with E-state index in [1.165, 1.54) is 12.1 Å². The number of para-hydroxylation sites is 1. The number of carbonyl (C=O) groups is 1. The first kappa shape index (κ1) is 29.9. The fraction of sp³-hybridized carbons (Fsp3) is 0.375. The Kier molecular flexibility index (Phi) is 9.86. The summed E-state index contributed by atoms with van der Waals surface area (Å²) in [5.74, 6) is -0.0372. The molecule has 3 aromatic carbocycles. The van der Waals surface area contributed by atoms with Crippen LogP contribution < -0.4 is 14.4 Å². The first-order valence-electron chi connectivity index (χ1n) is 13.8. The number of benzene rings is 3. The number of rotatable bonds is 8. The summed E-state index contributed by atoms with van der Waals surface area (Å²) in [5, 5.41) is 0. The molecule has 5 rings (SSSR count). The third kappa shape index (κ3) is 6.99. The van der Waals surface area contributed by atoms with Gasteiger partial charge in [0.1, 0.15) is 23.1 Å². The second-order valence-corrected chi connectivity index (χ2v) is 10.3. The number of hydrogen-bond acceptors (Lipinski definition) is 6. The molecule has 1 spiro atoms. The lowest BCUT2D eigenvalue weighted by atomic mass is 9.77. The van der Waals surface area contributed by atoms with Gasteiger partial charge >= 0.3 is 6.15 Å². The molecule has 7 nitrogen and oxygen atoms in total. The van der Waals surface area contributed by atoms with Crippen LogP contribution in [0.5, 0.6) is 11.5 Å². The first-order valence-corrected chi connectivity index (χ1v) is 13.8. The quantitative estimate of drug-likeness (QED) is 0.341. The van der Waals surface area contributed by atoms with Crippen molar-refractivity contribution in [1.82, 2.24) is 4.90 Å². The van der Waals surface area contributed by atoms with Crippen LogP contribution in [0.15, 0.2) is 60.7 Å². The molecule has 0 radical (unpaired) electrons. The molecule has 216 valence electrons. The van der Waals surface area contributed by atoms with Gasteiger partial charge in [-0.05, 0) is 87.2 Å². The highest BCUT2D eigenvalue weighted by atomic mass is 19.1. The predicted octanol–water partition coefficient (Wildman–Crippen LogP) is 5.86. The number of halogens is 2. The summed E-state index contributed by atoms with van der Waals surface area (Å²) in [4.78, 5) is 33.4. The van der Waals surface area contributed by atoms with Crippen LogP contribution in [0.4, 0.5) is 14.5 Å². The summed E-state index contributed by atoms with van der Waals surface area (Å²) in [5.41, 5.74) is 2.74. The van der Waals surface area contributed by atoms with Gasteiger partial charge in [-0.1, -0.05) is 18.2 Å². The zero-order valence-electron chi connectivity index (χ0n) is 23.3. The van der Waals surface area contributed by atoms with Crippen molar-refractivity contribution in [3.05, 3.63) is 77.9 Å². The minimum Gasteiger partial charge on any atom is -0.493 e. The van der Waals surface area contributed by atoms with E-state index in [0.29, 0.717) is 43.2 Å². The average molecular weight is 565 g/mol. The molecule has 2 aliphatic rings. The highest BCUT2D eigenvalue weighted by Crippen LogP contribution is 2.44. The third-order valence-electron chi connectivity index (χ3n) is 7.64. The molecule has 0 aromatic heterocycles. The van der Waals surface area contributed by atoms with Crippen molar-refractivity contribution in [2.75, 3.05) is 37.7 Å². The average Bonchev–Trinajstić information content (AvgIpc) is 3.27. The van der Waals surface area contributed by atoms with Crippen molar-refractivity contribution in [2.24, 2.45) is 5.41 Å². The molecule has 2 aliphatic heterocycles. The highest BCUT2D eigenvalue weighted by Gasteiger charge is 2.45. The Morgan fingerprint density at radius 3 is 2.07 bits per heavy atom. The second kappa shape index (κ2) is 13.5. The zero-order chi connectivity index (χ0) is 29.4. The third-order valence-corrected chi connectivity index (χ3v) is 7.64. The molecular formula is C32H34F2N2O5. The van der Waals surface area contributed by atoms with Crippen LogP contribution in [0.1, 0.15) is 38.7 Å². The fourth-order valence-corrected chi connectivity index (χ4v) is 5.75. The van der Waals surface area contributed by atoms with E-state index in [1.807, 2.05) is 61.2 Å². The van der Waals surface area contributed by atoms with Crippen molar-refractivity contribution >= 4 is 17.7 Å². The molecule has 2 heterocycles. The van der Waals surface area contributed by atoms with E-state index >= 15 is 0 Å². The van der Waals surface area contributed by atoms with Gasteiger partial charge in [0.05, 0.1) is 18.8 Å². The number of likely N-dealkylation sites (tertiary alicyclic amines) is 1. The van der Waals surface area contributed by atoms with Crippen LogP contribution in [0, 0.1) is 17.0 Å². The summed E-state index contributed by atoms with van der Waals surface area (Å²) in [7, 11) is 0. The first-order chi connectivity index (χ1) is 19.8. The molecule has 0 atom stereocenters. The molecule has 0 unspecified atom stereocenters. The maximum atomic E-state index is 14.8. The lowest BCUT2D eigenvalue weighted by molar-refractivity contribution is -0.191. The second-order valence-electron chi connectivity index (χ2n) is 10.3.